The number of rotatable bonds is 4. The molecule has 98 valence electrons. The van der Waals surface area contributed by atoms with Gasteiger partial charge >= 0.3 is 0 Å². The zero-order chi connectivity index (χ0) is 11.7. The van der Waals surface area contributed by atoms with Crippen LogP contribution in [0.3, 0.4) is 0 Å². The van der Waals surface area contributed by atoms with Gasteiger partial charge in [-0.05, 0) is 50.8 Å². The van der Waals surface area contributed by atoms with Gasteiger partial charge in [-0.1, -0.05) is 6.92 Å². The zero-order valence-corrected chi connectivity index (χ0v) is 11.8. The SMILES string of the molecule is CCNC1CC2CCC(C1)N2CC1CCCS1. The second-order valence-corrected chi connectivity index (χ2v) is 7.35. The summed E-state index contributed by atoms with van der Waals surface area (Å²) in [5.41, 5.74) is 0. The van der Waals surface area contributed by atoms with Crippen LogP contribution in [0, 0.1) is 0 Å². The predicted molar refractivity (Wildman–Crippen MR) is 75.7 cm³/mol. The van der Waals surface area contributed by atoms with Crippen molar-refractivity contribution < 1.29 is 0 Å². The van der Waals surface area contributed by atoms with Gasteiger partial charge in [0.1, 0.15) is 0 Å². The Bertz CT molecular complexity index is 239. The lowest BCUT2D eigenvalue weighted by Gasteiger charge is -2.40. The highest BCUT2D eigenvalue weighted by Crippen LogP contribution is 2.38. The van der Waals surface area contributed by atoms with Crippen LogP contribution in [0.2, 0.25) is 0 Å². The number of nitrogens with zero attached hydrogens (tertiary/aromatic N) is 1. The quantitative estimate of drug-likeness (QED) is 0.830. The molecule has 0 amide bonds. The van der Waals surface area contributed by atoms with E-state index in [0.717, 1.165) is 29.9 Å². The van der Waals surface area contributed by atoms with Crippen molar-refractivity contribution in [2.45, 2.75) is 68.8 Å². The van der Waals surface area contributed by atoms with Crippen molar-refractivity contribution in [3.8, 4) is 0 Å². The molecule has 1 N–H and O–H groups in total. The summed E-state index contributed by atoms with van der Waals surface area (Å²) in [7, 11) is 0. The summed E-state index contributed by atoms with van der Waals surface area (Å²) in [5.74, 6) is 1.41. The van der Waals surface area contributed by atoms with E-state index in [1.165, 1.54) is 50.8 Å². The van der Waals surface area contributed by atoms with Crippen molar-refractivity contribution in [1.82, 2.24) is 10.2 Å². The molecule has 3 saturated heterocycles. The van der Waals surface area contributed by atoms with Gasteiger partial charge in [0.2, 0.25) is 0 Å². The molecular weight excluding hydrogens is 228 g/mol. The van der Waals surface area contributed by atoms with Crippen molar-refractivity contribution in [2.75, 3.05) is 18.8 Å². The zero-order valence-electron chi connectivity index (χ0n) is 11.0. The summed E-state index contributed by atoms with van der Waals surface area (Å²) < 4.78 is 0. The summed E-state index contributed by atoms with van der Waals surface area (Å²) in [6, 6.07) is 2.61. The van der Waals surface area contributed by atoms with Gasteiger partial charge in [-0.3, -0.25) is 4.90 Å². The molecule has 3 rings (SSSR count). The first-order valence-electron chi connectivity index (χ1n) is 7.47. The molecular formula is C14H26N2S. The van der Waals surface area contributed by atoms with Crippen LogP contribution in [-0.2, 0) is 0 Å². The fraction of sp³-hybridized carbons (Fsp3) is 1.00. The molecule has 0 aliphatic carbocycles. The Morgan fingerprint density at radius 1 is 1.18 bits per heavy atom. The molecule has 0 aromatic rings. The largest absolute Gasteiger partial charge is 0.314 e. The van der Waals surface area contributed by atoms with E-state index in [1.807, 2.05) is 0 Å². The summed E-state index contributed by atoms with van der Waals surface area (Å²) in [5, 5.41) is 4.62. The minimum Gasteiger partial charge on any atom is -0.314 e. The van der Waals surface area contributed by atoms with Crippen LogP contribution in [0.25, 0.3) is 0 Å². The number of piperidine rings is 1. The summed E-state index contributed by atoms with van der Waals surface area (Å²) >= 11 is 2.22. The molecule has 3 heteroatoms. The topological polar surface area (TPSA) is 15.3 Å². The number of nitrogens with one attached hydrogen (secondary N) is 1. The van der Waals surface area contributed by atoms with Crippen LogP contribution in [0.4, 0.5) is 0 Å². The van der Waals surface area contributed by atoms with Crippen molar-refractivity contribution in [3.05, 3.63) is 0 Å². The average Bonchev–Trinajstić information content (AvgIpc) is 2.89. The summed E-state index contributed by atoms with van der Waals surface area (Å²) in [6.45, 7) is 4.77. The van der Waals surface area contributed by atoms with E-state index in [2.05, 4.69) is 28.9 Å². The smallest absolute Gasteiger partial charge is 0.0175 e. The Labute approximate surface area is 110 Å². The van der Waals surface area contributed by atoms with Crippen LogP contribution in [-0.4, -0.2) is 47.1 Å². The van der Waals surface area contributed by atoms with Gasteiger partial charge in [0.05, 0.1) is 0 Å². The van der Waals surface area contributed by atoms with Crippen LogP contribution < -0.4 is 5.32 Å². The van der Waals surface area contributed by atoms with Crippen LogP contribution in [0.15, 0.2) is 0 Å². The summed E-state index contributed by atoms with van der Waals surface area (Å²) in [6.07, 6.45) is 8.66. The van der Waals surface area contributed by atoms with Crippen molar-refractivity contribution in [3.63, 3.8) is 0 Å². The van der Waals surface area contributed by atoms with Gasteiger partial charge in [-0.25, -0.2) is 0 Å². The normalized spacial score (nSPS) is 42.2. The first-order valence-corrected chi connectivity index (χ1v) is 8.52. The Kier molecular flexibility index (Phi) is 3.98. The molecule has 3 heterocycles. The molecule has 17 heavy (non-hydrogen) atoms. The van der Waals surface area contributed by atoms with Gasteiger partial charge in [0, 0.05) is 29.9 Å². The van der Waals surface area contributed by atoms with Crippen molar-refractivity contribution >= 4 is 11.8 Å². The van der Waals surface area contributed by atoms with E-state index in [-0.39, 0.29) is 0 Å². The molecule has 2 bridgehead atoms. The minimum absolute atomic E-state index is 0.810. The fourth-order valence-corrected chi connectivity index (χ4v) is 5.33. The number of thioether (sulfide) groups is 1. The van der Waals surface area contributed by atoms with Gasteiger partial charge < -0.3 is 5.32 Å². The maximum absolute atomic E-state index is 3.67. The lowest BCUT2D eigenvalue weighted by Crippen LogP contribution is -2.50. The second kappa shape index (κ2) is 5.50. The number of fused-ring (bicyclic) bond motifs is 2. The number of hydrogen-bond donors (Lipinski definition) is 1. The highest BCUT2D eigenvalue weighted by Gasteiger charge is 2.41. The third-order valence-corrected chi connectivity index (χ3v) is 6.20. The summed E-state index contributed by atoms with van der Waals surface area (Å²) in [4.78, 5) is 2.87. The van der Waals surface area contributed by atoms with Gasteiger partial charge in [0.15, 0.2) is 0 Å². The molecule has 3 aliphatic heterocycles. The average molecular weight is 254 g/mol. The molecule has 0 radical (unpaired) electrons. The Morgan fingerprint density at radius 3 is 2.53 bits per heavy atom. The third kappa shape index (κ3) is 2.66. The van der Waals surface area contributed by atoms with E-state index < -0.39 is 0 Å². The maximum atomic E-state index is 3.67. The molecule has 0 spiro atoms. The lowest BCUT2D eigenvalue weighted by atomic mass is 9.97. The monoisotopic (exact) mass is 254 g/mol. The Hall–Kier alpha value is 0.270. The van der Waals surface area contributed by atoms with Crippen molar-refractivity contribution in [2.24, 2.45) is 0 Å². The molecule has 3 unspecified atom stereocenters. The van der Waals surface area contributed by atoms with E-state index >= 15 is 0 Å². The number of hydrogen-bond acceptors (Lipinski definition) is 3. The first kappa shape index (κ1) is 12.3. The molecule has 3 fully saturated rings. The van der Waals surface area contributed by atoms with Crippen LogP contribution in [0.1, 0.15) is 45.4 Å². The first-order chi connectivity index (χ1) is 8.36. The van der Waals surface area contributed by atoms with Crippen molar-refractivity contribution in [1.29, 1.82) is 0 Å². The fourth-order valence-electron chi connectivity index (χ4n) is 4.05. The van der Waals surface area contributed by atoms with Gasteiger partial charge in [-0.2, -0.15) is 11.8 Å². The van der Waals surface area contributed by atoms with Crippen LogP contribution in [0.5, 0.6) is 0 Å². The van der Waals surface area contributed by atoms with E-state index in [0.29, 0.717) is 0 Å². The van der Waals surface area contributed by atoms with E-state index in [4.69, 9.17) is 0 Å². The standard InChI is InChI=1S/C14H26N2S/c1-2-15-11-8-12-5-6-13(9-11)16(12)10-14-4-3-7-17-14/h11-15H,2-10H2,1H3. The van der Waals surface area contributed by atoms with Crippen LogP contribution >= 0.6 is 11.8 Å². The Balaban J connectivity index is 1.56. The minimum atomic E-state index is 0.810. The van der Waals surface area contributed by atoms with Gasteiger partial charge in [0.25, 0.3) is 0 Å². The second-order valence-electron chi connectivity index (χ2n) is 5.94. The van der Waals surface area contributed by atoms with E-state index in [1.54, 1.807) is 0 Å². The molecule has 2 nitrogen and oxygen atoms in total. The van der Waals surface area contributed by atoms with Gasteiger partial charge in [-0.15, -0.1) is 0 Å². The molecule has 0 saturated carbocycles. The van der Waals surface area contributed by atoms with E-state index in [9.17, 15) is 0 Å². The third-order valence-electron chi connectivity index (χ3n) is 4.82. The highest BCUT2D eigenvalue weighted by atomic mass is 32.2. The lowest BCUT2D eigenvalue weighted by molar-refractivity contribution is 0.118. The maximum Gasteiger partial charge on any atom is 0.0175 e. The molecule has 3 aliphatic rings. The predicted octanol–water partition coefficient (Wildman–Crippen LogP) is 2.49. The molecule has 0 aromatic carbocycles. The Morgan fingerprint density at radius 2 is 1.94 bits per heavy atom. The molecule has 0 aromatic heterocycles. The highest BCUT2D eigenvalue weighted by molar-refractivity contribution is 8.00. The molecule has 3 atom stereocenters.